The summed E-state index contributed by atoms with van der Waals surface area (Å²) in [5.41, 5.74) is 17.3. The maximum atomic E-state index is 3.94. The van der Waals surface area contributed by atoms with Crippen molar-refractivity contribution in [3.05, 3.63) is 170 Å². The minimum atomic E-state index is 0. The SMILES string of the molecule is CCc1ccc2c(c1)[C-]=c1c-2cc(=C(c2ccccc2)c2ccccc2)c(CC)c1C1C=C(C)c2cc(C)ccc21.[Cl-].[Cl-].[Zr+3]. The summed E-state index contributed by atoms with van der Waals surface area (Å²) in [7, 11) is 0. The van der Waals surface area contributed by atoms with E-state index in [1.807, 2.05) is 0 Å². The molecule has 2 aliphatic carbocycles. The van der Waals surface area contributed by atoms with Crippen molar-refractivity contribution in [3.8, 4) is 11.1 Å². The molecule has 0 saturated heterocycles. The monoisotopic (exact) mass is 687 g/mol. The largest absolute Gasteiger partial charge is 3.00 e. The number of halogens is 2. The second kappa shape index (κ2) is 14.0. The van der Waals surface area contributed by atoms with Gasteiger partial charge in [-0.1, -0.05) is 139 Å². The molecule has 0 spiro atoms. The fourth-order valence-corrected chi connectivity index (χ4v) is 6.96. The van der Waals surface area contributed by atoms with Gasteiger partial charge in [-0.05, 0) is 65.3 Å². The van der Waals surface area contributed by atoms with Crippen molar-refractivity contribution in [1.82, 2.24) is 0 Å². The van der Waals surface area contributed by atoms with Gasteiger partial charge in [0, 0.05) is 5.92 Å². The molecular weight excluding hydrogens is 655 g/mol. The second-order valence-electron chi connectivity index (χ2n) is 11.5. The summed E-state index contributed by atoms with van der Waals surface area (Å²) >= 11 is 0. The van der Waals surface area contributed by atoms with Crippen LogP contribution in [-0.2, 0) is 39.0 Å². The molecule has 5 aromatic carbocycles. The zero-order chi connectivity index (χ0) is 28.1. The second-order valence-corrected chi connectivity index (χ2v) is 11.5. The normalized spacial score (nSPS) is 13.6. The van der Waals surface area contributed by atoms with Crippen LogP contribution < -0.4 is 35.3 Å². The molecule has 0 heterocycles. The molecule has 1 radical (unpaired) electrons. The van der Waals surface area contributed by atoms with E-state index in [0.717, 1.165) is 12.8 Å². The van der Waals surface area contributed by atoms with E-state index in [0.29, 0.717) is 0 Å². The van der Waals surface area contributed by atoms with Crippen molar-refractivity contribution in [2.24, 2.45) is 0 Å². The molecular formula is C41H35Cl2Zr. The van der Waals surface area contributed by atoms with Gasteiger partial charge in [0.15, 0.2) is 0 Å². The van der Waals surface area contributed by atoms with E-state index in [-0.39, 0.29) is 56.9 Å². The summed E-state index contributed by atoms with van der Waals surface area (Å²) < 4.78 is 0. The molecule has 2 aliphatic rings. The Hall–Kier alpha value is -2.96. The van der Waals surface area contributed by atoms with Crippen LogP contribution in [0.1, 0.15) is 76.8 Å². The third kappa shape index (κ3) is 5.76. The third-order valence-electron chi connectivity index (χ3n) is 8.96. The van der Waals surface area contributed by atoms with Gasteiger partial charge in [-0.2, -0.15) is 0 Å². The van der Waals surface area contributed by atoms with Crippen LogP contribution in [0.4, 0.5) is 0 Å². The molecule has 0 bridgehead atoms. The van der Waals surface area contributed by atoms with Crippen LogP contribution in [0.3, 0.4) is 0 Å². The molecule has 3 heteroatoms. The molecule has 1 atom stereocenters. The van der Waals surface area contributed by atoms with Crippen LogP contribution in [0.2, 0.25) is 0 Å². The molecule has 0 saturated carbocycles. The van der Waals surface area contributed by atoms with Crippen molar-refractivity contribution in [2.45, 2.75) is 46.5 Å². The Kier molecular flexibility index (Phi) is 10.8. The van der Waals surface area contributed by atoms with Gasteiger partial charge in [0.05, 0.1) is 0 Å². The van der Waals surface area contributed by atoms with Crippen LogP contribution in [0.5, 0.6) is 0 Å². The number of fused-ring (bicyclic) bond motifs is 4. The van der Waals surface area contributed by atoms with E-state index in [1.54, 1.807) is 0 Å². The van der Waals surface area contributed by atoms with E-state index in [9.17, 15) is 0 Å². The first-order valence-electron chi connectivity index (χ1n) is 14.9. The number of rotatable bonds is 5. The average molecular weight is 690 g/mol. The molecule has 0 nitrogen and oxygen atoms in total. The predicted molar refractivity (Wildman–Crippen MR) is 174 cm³/mol. The Balaban J connectivity index is 0.00000147. The van der Waals surface area contributed by atoms with E-state index < -0.39 is 0 Å². The molecule has 0 amide bonds. The molecule has 217 valence electrons. The van der Waals surface area contributed by atoms with Crippen LogP contribution in [-0.4, -0.2) is 0 Å². The minimum Gasteiger partial charge on any atom is -1.00 e. The molecule has 5 aromatic rings. The molecule has 1 unspecified atom stereocenters. The molecule has 0 fully saturated rings. The molecule has 0 aliphatic heterocycles. The van der Waals surface area contributed by atoms with Crippen molar-refractivity contribution >= 4 is 17.2 Å². The van der Waals surface area contributed by atoms with E-state index in [4.69, 9.17) is 0 Å². The van der Waals surface area contributed by atoms with E-state index in [1.165, 1.54) is 82.8 Å². The van der Waals surface area contributed by atoms with Gasteiger partial charge in [-0.3, -0.25) is 0 Å². The third-order valence-corrected chi connectivity index (χ3v) is 8.96. The Morgan fingerprint density at radius 1 is 0.682 bits per heavy atom. The van der Waals surface area contributed by atoms with Gasteiger partial charge in [0.25, 0.3) is 0 Å². The fourth-order valence-electron chi connectivity index (χ4n) is 6.96. The van der Waals surface area contributed by atoms with Crippen LogP contribution in [0.15, 0.2) is 109 Å². The van der Waals surface area contributed by atoms with Gasteiger partial charge < -0.3 is 24.8 Å². The summed E-state index contributed by atoms with van der Waals surface area (Å²) in [6.07, 6.45) is 8.41. The summed E-state index contributed by atoms with van der Waals surface area (Å²) in [4.78, 5) is 0. The van der Waals surface area contributed by atoms with Gasteiger partial charge in [0.1, 0.15) is 0 Å². The summed E-state index contributed by atoms with van der Waals surface area (Å²) in [6.45, 7) is 9.02. The summed E-state index contributed by atoms with van der Waals surface area (Å²) in [5.74, 6) is 0.203. The van der Waals surface area contributed by atoms with Crippen molar-refractivity contribution < 1.29 is 51.0 Å². The zero-order valence-corrected chi connectivity index (χ0v) is 29.6. The van der Waals surface area contributed by atoms with Crippen LogP contribution in [0.25, 0.3) is 28.3 Å². The first kappa shape index (κ1) is 33.9. The van der Waals surface area contributed by atoms with Crippen molar-refractivity contribution in [1.29, 1.82) is 0 Å². The Bertz CT molecular complexity index is 1930. The fraction of sp³-hybridized carbons (Fsp3) is 0.171. The average Bonchev–Trinajstić information content (AvgIpc) is 3.53. The summed E-state index contributed by atoms with van der Waals surface area (Å²) in [5, 5.41) is 2.61. The van der Waals surface area contributed by atoms with Gasteiger partial charge >= 0.3 is 26.2 Å². The quantitative estimate of drug-likeness (QED) is 0.245. The van der Waals surface area contributed by atoms with Gasteiger partial charge in [-0.15, -0.1) is 34.1 Å². The predicted octanol–water partition coefficient (Wildman–Crippen LogP) is 2.61. The van der Waals surface area contributed by atoms with Crippen molar-refractivity contribution in [3.63, 3.8) is 0 Å². The smallest absolute Gasteiger partial charge is 1.00 e. The maximum Gasteiger partial charge on any atom is 3.00 e. The topological polar surface area (TPSA) is 0 Å². The molecule has 0 N–H and O–H groups in total. The number of hydrogen-bond acceptors (Lipinski definition) is 0. The Labute approximate surface area is 293 Å². The Morgan fingerprint density at radius 3 is 1.95 bits per heavy atom. The van der Waals surface area contributed by atoms with Crippen LogP contribution >= 0.6 is 0 Å². The van der Waals surface area contributed by atoms with Crippen LogP contribution in [0, 0.1) is 6.92 Å². The number of aryl methyl sites for hydroxylation is 2. The number of allylic oxidation sites excluding steroid dienone is 2. The van der Waals surface area contributed by atoms with E-state index in [2.05, 4.69) is 143 Å². The first-order valence-corrected chi connectivity index (χ1v) is 14.9. The number of hydrogen-bond donors (Lipinski definition) is 0. The van der Waals surface area contributed by atoms with E-state index >= 15 is 0 Å². The minimum absolute atomic E-state index is 0. The maximum absolute atomic E-state index is 3.94. The number of benzene rings is 5. The van der Waals surface area contributed by atoms with Crippen molar-refractivity contribution in [2.75, 3.05) is 0 Å². The standard InChI is InChI=1S/C41H35.2ClH.Zr/c1-5-28-18-20-33-31(23-28)24-38-36(33)25-39(40(29-13-9-7-10-14-29)30-15-11-8-12-16-30)32(6-2)41(38)37-22-27(4)35-21-26(3)17-19-34(35)37;;;/h7-23,25,37H,5-6H2,1-4H3;2*1H;/q-1;;;+3/p-2. The molecule has 7 rings (SSSR count). The Morgan fingerprint density at radius 2 is 1.34 bits per heavy atom. The summed E-state index contributed by atoms with van der Waals surface area (Å²) in [6, 6.07) is 38.3. The first-order chi connectivity index (χ1) is 20.1. The van der Waals surface area contributed by atoms with Gasteiger partial charge in [0.2, 0.25) is 0 Å². The molecule has 0 aromatic heterocycles. The zero-order valence-electron chi connectivity index (χ0n) is 25.6. The van der Waals surface area contributed by atoms with Gasteiger partial charge in [-0.25, -0.2) is 0 Å². The molecule has 44 heavy (non-hydrogen) atoms.